The summed E-state index contributed by atoms with van der Waals surface area (Å²) >= 11 is 0. The Morgan fingerprint density at radius 2 is 2.18 bits per heavy atom. The van der Waals surface area contributed by atoms with Crippen molar-refractivity contribution in [1.82, 2.24) is 5.32 Å². The molecule has 92 valence electrons. The first kappa shape index (κ1) is 12.3. The molecule has 0 amide bonds. The maximum Gasteiger partial charge on any atom is 0.123 e. The highest BCUT2D eigenvalue weighted by molar-refractivity contribution is 5.23. The summed E-state index contributed by atoms with van der Waals surface area (Å²) in [5.74, 6) is 0.415. The Labute approximate surface area is 103 Å². The summed E-state index contributed by atoms with van der Waals surface area (Å²) < 4.78 is 13.1. The lowest BCUT2D eigenvalue weighted by Crippen LogP contribution is -2.40. The minimum absolute atomic E-state index is 0.122. The van der Waals surface area contributed by atoms with Crippen LogP contribution in [0.15, 0.2) is 35.9 Å². The van der Waals surface area contributed by atoms with Crippen LogP contribution in [-0.4, -0.2) is 12.6 Å². The van der Waals surface area contributed by atoms with Gasteiger partial charge in [0, 0.05) is 12.6 Å². The average molecular weight is 233 g/mol. The van der Waals surface area contributed by atoms with E-state index in [9.17, 15) is 4.39 Å². The fraction of sp³-hybridized carbons (Fsp3) is 0.467. The highest BCUT2D eigenvalue weighted by atomic mass is 19.1. The highest BCUT2D eigenvalue weighted by Gasteiger charge is 2.29. The molecule has 0 saturated heterocycles. The van der Waals surface area contributed by atoms with Crippen LogP contribution >= 0.6 is 0 Å². The lowest BCUT2D eigenvalue weighted by atomic mass is 9.76. The molecule has 1 aromatic rings. The van der Waals surface area contributed by atoms with Crippen LogP contribution in [0.5, 0.6) is 0 Å². The van der Waals surface area contributed by atoms with E-state index in [0.29, 0.717) is 12.0 Å². The Balaban J connectivity index is 1.77. The summed E-state index contributed by atoms with van der Waals surface area (Å²) in [5, 5.41) is 3.49. The molecule has 17 heavy (non-hydrogen) atoms. The van der Waals surface area contributed by atoms with Crippen molar-refractivity contribution in [3.8, 4) is 0 Å². The smallest absolute Gasteiger partial charge is 0.123 e. The molecule has 1 aromatic carbocycles. The SMILES string of the molecule is CC(C)=CCNC1CC(c2cccc(F)c2)C1. The second-order valence-corrected chi connectivity index (χ2v) is 5.11. The van der Waals surface area contributed by atoms with E-state index in [0.717, 1.165) is 24.9 Å². The number of benzene rings is 1. The standard InChI is InChI=1S/C15H20FN/c1-11(2)6-7-17-15-9-13(10-15)12-4-3-5-14(16)8-12/h3-6,8,13,15,17H,7,9-10H2,1-2H3. The van der Waals surface area contributed by atoms with Crippen molar-refractivity contribution in [3.63, 3.8) is 0 Å². The molecule has 0 unspecified atom stereocenters. The molecular weight excluding hydrogens is 213 g/mol. The zero-order valence-corrected chi connectivity index (χ0v) is 10.5. The highest BCUT2D eigenvalue weighted by Crippen LogP contribution is 2.36. The molecule has 2 rings (SSSR count). The van der Waals surface area contributed by atoms with Crippen molar-refractivity contribution in [3.05, 3.63) is 47.3 Å². The molecule has 1 aliphatic rings. The van der Waals surface area contributed by atoms with Gasteiger partial charge in [0.15, 0.2) is 0 Å². The molecule has 0 heterocycles. The summed E-state index contributed by atoms with van der Waals surface area (Å²) in [6, 6.07) is 7.59. The van der Waals surface area contributed by atoms with Crippen LogP contribution in [0.3, 0.4) is 0 Å². The Kier molecular flexibility index (Phi) is 3.95. The Morgan fingerprint density at radius 1 is 1.41 bits per heavy atom. The fourth-order valence-electron chi connectivity index (χ4n) is 2.25. The fourth-order valence-corrected chi connectivity index (χ4v) is 2.25. The molecule has 1 N–H and O–H groups in total. The van der Waals surface area contributed by atoms with Gasteiger partial charge < -0.3 is 5.32 Å². The minimum Gasteiger partial charge on any atom is -0.310 e. The second kappa shape index (κ2) is 5.46. The van der Waals surface area contributed by atoms with Gasteiger partial charge >= 0.3 is 0 Å². The van der Waals surface area contributed by atoms with Crippen LogP contribution in [0, 0.1) is 5.82 Å². The van der Waals surface area contributed by atoms with E-state index in [4.69, 9.17) is 0 Å². The number of hydrogen-bond acceptors (Lipinski definition) is 1. The van der Waals surface area contributed by atoms with Crippen LogP contribution in [-0.2, 0) is 0 Å². The molecule has 1 fully saturated rings. The van der Waals surface area contributed by atoms with E-state index in [1.807, 2.05) is 6.07 Å². The van der Waals surface area contributed by atoms with Crippen LogP contribution in [0.4, 0.5) is 4.39 Å². The molecule has 1 aliphatic carbocycles. The quantitative estimate of drug-likeness (QED) is 0.783. The van der Waals surface area contributed by atoms with Crippen molar-refractivity contribution in [2.45, 2.75) is 38.6 Å². The zero-order chi connectivity index (χ0) is 12.3. The predicted octanol–water partition coefficient (Wildman–Crippen LogP) is 3.63. The number of hydrogen-bond donors (Lipinski definition) is 1. The predicted molar refractivity (Wildman–Crippen MR) is 69.6 cm³/mol. The summed E-state index contributed by atoms with van der Waals surface area (Å²) in [6.45, 7) is 5.17. The molecule has 0 bridgehead atoms. The number of nitrogens with one attached hydrogen (secondary N) is 1. The van der Waals surface area contributed by atoms with Crippen LogP contribution in [0.2, 0.25) is 0 Å². The van der Waals surface area contributed by atoms with Gasteiger partial charge in [-0.25, -0.2) is 4.39 Å². The maximum atomic E-state index is 13.1. The molecule has 1 saturated carbocycles. The van der Waals surface area contributed by atoms with Gasteiger partial charge in [0.2, 0.25) is 0 Å². The van der Waals surface area contributed by atoms with Crippen molar-refractivity contribution < 1.29 is 4.39 Å². The molecular formula is C15H20FN. The lowest BCUT2D eigenvalue weighted by Gasteiger charge is -2.36. The topological polar surface area (TPSA) is 12.0 Å². The normalized spacial score (nSPS) is 23.0. The summed E-state index contributed by atoms with van der Waals surface area (Å²) in [4.78, 5) is 0. The van der Waals surface area contributed by atoms with E-state index in [-0.39, 0.29) is 5.82 Å². The summed E-state index contributed by atoms with van der Waals surface area (Å²) in [5.41, 5.74) is 2.49. The number of halogens is 1. The molecule has 1 nitrogen and oxygen atoms in total. The second-order valence-electron chi connectivity index (χ2n) is 5.11. The van der Waals surface area contributed by atoms with Crippen molar-refractivity contribution >= 4 is 0 Å². The third-order valence-electron chi connectivity index (χ3n) is 3.37. The first-order valence-corrected chi connectivity index (χ1v) is 6.27. The van der Waals surface area contributed by atoms with Crippen LogP contribution in [0.25, 0.3) is 0 Å². The first-order chi connectivity index (χ1) is 8.15. The van der Waals surface area contributed by atoms with E-state index < -0.39 is 0 Å². The van der Waals surface area contributed by atoms with E-state index in [1.165, 1.54) is 11.6 Å². The molecule has 0 atom stereocenters. The monoisotopic (exact) mass is 233 g/mol. The van der Waals surface area contributed by atoms with Gasteiger partial charge in [0.1, 0.15) is 5.82 Å². The Bertz CT molecular complexity index is 401. The van der Waals surface area contributed by atoms with E-state index in [1.54, 1.807) is 12.1 Å². The van der Waals surface area contributed by atoms with Gasteiger partial charge in [0.25, 0.3) is 0 Å². The van der Waals surface area contributed by atoms with Gasteiger partial charge in [0.05, 0.1) is 0 Å². The van der Waals surface area contributed by atoms with Gasteiger partial charge in [-0.3, -0.25) is 0 Å². The molecule has 0 aromatic heterocycles. The van der Waals surface area contributed by atoms with Gasteiger partial charge in [-0.05, 0) is 50.3 Å². The molecule has 2 heteroatoms. The van der Waals surface area contributed by atoms with Gasteiger partial charge in [-0.1, -0.05) is 23.8 Å². The minimum atomic E-state index is -0.122. The van der Waals surface area contributed by atoms with Gasteiger partial charge in [-0.2, -0.15) is 0 Å². The van der Waals surface area contributed by atoms with Crippen molar-refractivity contribution in [1.29, 1.82) is 0 Å². The molecule has 0 radical (unpaired) electrons. The number of rotatable bonds is 4. The summed E-state index contributed by atoms with van der Waals surface area (Å²) in [6.07, 6.45) is 4.45. The zero-order valence-electron chi connectivity index (χ0n) is 10.5. The van der Waals surface area contributed by atoms with Gasteiger partial charge in [-0.15, -0.1) is 0 Å². The van der Waals surface area contributed by atoms with E-state index in [2.05, 4.69) is 25.2 Å². The Morgan fingerprint density at radius 3 is 2.82 bits per heavy atom. The van der Waals surface area contributed by atoms with E-state index >= 15 is 0 Å². The lowest BCUT2D eigenvalue weighted by molar-refractivity contribution is 0.299. The van der Waals surface area contributed by atoms with Crippen LogP contribution < -0.4 is 5.32 Å². The third-order valence-corrected chi connectivity index (χ3v) is 3.37. The third kappa shape index (κ3) is 3.40. The Hall–Kier alpha value is -1.15. The average Bonchev–Trinajstić information content (AvgIpc) is 2.21. The van der Waals surface area contributed by atoms with Crippen LogP contribution in [0.1, 0.15) is 38.2 Å². The molecule has 0 aliphatic heterocycles. The maximum absolute atomic E-state index is 13.1. The largest absolute Gasteiger partial charge is 0.310 e. The summed E-state index contributed by atoms with van der Waals surface area (Å²) in [7, 11) is 0. The first-order valence-electron chi connectivity index (χ1n) is 6.27. The van der Waals surface area contributed by atoms with Crippen molar-refractivity contribution in [2.75, 3.05) is 6.54 Å². The molecule has 0 spiro atoms. The van der Waals surface area contributed by atoms with Crippen molar-refractivity contribution in [2.24, 2.45) is 0 Å². The number of allylic oxidation sites excluding steroid dienone is 1.